The Morgan fingerprint density at radius 1 is 1.47 bits per heavy atom. The number of rotatable bonds is 5. The maximum atomic E-state index is 12.2. The van der Waals surface area contributed by atoms with Gasteiger partial charge in [-0.1, -0.05) is 13.3 Å². The lowest BCUT2D eigenvalue weighted by atomic mass is 10.0. The molecule has 0 saturated carbocycles. The second-order valence-corrected chi connectivity index (χ2v) is 6.76. The van der Waals surface area contributed by atoms with Crippen molar-refractivity contribution in [3.05, 3.63) is 0 Å². The minimum absolute atomic E-state index is 0.0426. The summed E-state index contributed by atoms with van der Waals surface area (Å²) in [5.74, 6) is 0. The molecule has 2 N–H and O–H groups in total. The predicted octanol–water partition coefficient (Wildman–Crippen LogP) is 0.856. The molecule has 6 heteroatoms. The Labute approximate surface area is 104 Å². The van der Waals surface area contributed by atoms with E-state index in [4.69, 9.17) is 0 Å². The second-order valence-electron chi connectivity index (χ2n) is 5.13. The molecule has 1 heterocycles. The van der Waals surface area contributed by atoms with E-state index in [0.29, 0.717) is 13.0 Å². The number of hydrogen-bond donors (Lipinski definition) is 2. The average molecular weight is 264 g/mol. The van der Waals surface area contributed by atoms with Gasteiger partial charge in [-0.25, -0.2) is 0 Å². The Hall–Kier alpha value is -0.170. The van der Waals surface area contributed by atoms with Gasteiger partial charge in [0.25, 0.3) is 10.2 Å². The van der Waals surface area contributed by atoms with Gasteiger partial charge in [0, 0.05) is 12.6 Å². The molecule has 102 valence electrons. The molecule has 1 rings (SSSR count). The topological polar surface area (TPSA) is 69.6 Å². The minimum atomic E-state index is -3.49. The molecule has 0 aromatic heterocycles. The largest absolute Gasteiger partial charge is 0.394 e. The monoisotopic (exact) mass is 264 g/mol. The molecule has 1 fully saturated rings. The zero-order valence-corrected chi connectivity index (χ0v) is 11.8. The first kappa shape index (κ1) is 14.9. The van der Waals surface area contributed by atoms with Crippen LogP contribution in [0, 0.1) is 0 Å². The van der Waals surface area contributed by atoms with Crippen molar-refractivity contribution >= 4 is 10.2 Å². The standard InChI is InChI=1S/C11H24N2O3S/c1-4-11(3,9-14)12-17(15,16)13-8-6-5-7-10(13)2/h10,12,14H,4-9H2,1-3H3. The lowest BCUT2D eigenvalue weighted by Crippen LogP contribution is -2.56. The molecule has 0 amide bonds. The van der Waals surface area contributed by atoms with Crippen molar-refractivity contribution < 1.29 is 13.5 Å². The summed E-state index contributed by atoms with van der Waals surface area (Å²) in [5, 5.41) is 9.27. The highest BCUT2D eigenvalue weighted by atomic mass is 32.2. The molecule has 0 aromatic carbocycles. The highest BCUT2D eigenvalue weighted by molar-refractivity contribution is 7.87. The van der Waals surface area contributed by atoms with Crippen LogP contribution >= 0.6 is 0 Å². The first-order chi connectivity index (χ1) is 7.84. The maximum Gasteiger partial charge on any atom is 0.280 e. The molecule has 5 nitrogen and oxygen atoms in total. The van der Waals surface area contributed by atoms with E-state index in [0.717, 1.165) is 19.3 Å². The average Bonchev–Trinajstić information content (AvgIpc) is 2.28. The summed E-state index contributed by atoms with van der Waals surface area (Å²) in [7, 11) is -3.49. The molecule has 0 spiro atoms. The molecule has 2 atom stereocenters. The van der Waals surface area contributed by atoms with Crippen molar-refractivity contribution in [3.63, 3.8) is 0 Å². The van der Waals surface area contributed by atoms with E-state index in [1.165, 1.54) is 4.31 Å². The lowest BCUT2D eigenvalue weighted by Gasteiger charge is -2.36. The van der Waals surface area contributed by atoms with Gasteiger partial charge in [0.05, 0.1) is 12.1 Å². The van der Waals surface area contributed by atoms with Gasteiger partial charge in [-0.2, -0.15) is 17.4 Å². The van der Waals surface area contributed by atoms with Crippen LogP contribution in [0.3, 0.4) is 0 Å². The first-order valence-electron chi connectivity index (χ1n) is 6.26. The molecular formula is C11H24N2O3S. The van der Waals surface area contributed by atoms with Gasteiger partial charge in [0.15, 0.2) is 0 Å². The van der Waals surface area contributed by atoms with Crippen LogP contribution in [0.25, 0.3) is 0 Å². The van der Waals surface area contributed by atoms with Crippen LogP contribution in [0.5, 0.6) is 0 Å². The Morgan fingerprint density at radius 3 is 2.59 bits per heavy atom. The van der Waals surface area contributed by atoms with Crippen LogP contribution < -0.4 is 4.72 Å². The van der Waals surface area contributed by atoms with Gasteiger partial charge in [0.2, 0.25) is 0 Å². The number of piperidine rings is 1. The maximum absolute atomic E-state index is 12.2. The summed E-state index contributed by atoms with van der Waals surface area (Å²) in [6, 6.07) is 0.0426. The van der Waals surface area contributed by atoms with Crippen LogP contribution in [0.2, 0.25) is 0 Å². The second kappa shape index (κ2) is 5.65. The Balaban J connectivity index is 2.80. The van der Waals surface area contributed by atoms with Crippen molar-refractivity contribution in [2.45, 2.75) is 58.0 Å². The molecule has 1 saturated heterocycles. The number of nitrogens with one attached hydrogen (secondary N) is 1. The number of aliphatic hydroxyl groups is 1. The summed E-state index contributed by atoms with van der Waals surface area (Å²) in [4.78, 5) is 0. The van der Waals surface area contributed by atoms with Gasteiger partial charge in [-0.05, 0) is 33.1 Å². The van der Waals surface area contributed by atoms with Gasteiger partial charge in [0.1, 0.15) is 0 Å². The Bertz CT molecular complexity index is 339. The highest BCUT2D eigenvalue weighted by Crippen LogP contribution is 2.21. The van der Waals surface area contributed by atoms with E-state index in [1.807, 2.05) is 13.8 Å². The molecule has 0 radical (unpaired) electrons. The highest BCUT2D eigenvalue weighted by Gasteiger charge is 2.34. The van der Waals surface area contributed by atoms with Crippen LogP contribution in [0.1, 0.15) is 46.5 Å². The van der Waals surface area contributed by atoms with E-state index < -0.39 is 15.7 Å². The van der Waals surface area contributed by atoms with Crippen LogP contribution in [-0.4, -0.2) is 42.6 Å². The third kappa shape index (κ3) is 3.64. The van der Waals surface area contributed by atoms with Crippen molar-refractivity contribution in [2.24, 2.45) is 0 Å². The van der Waals surface area contributed by atoms with Crippen LogP contribution in [-0.2, 0) is 10.2 Å². The summed E-state index contributed by atoms with van der Waals surface area (Å²) < 4.78 is 28.6. The van der Waals surface area contributed by atoms with Gasteiger partial charge < -0.3 is 5.11 Å². The fourth-order valence-corrected chi connectivity index (χ4v) is 3.91. The molecular weight excluding hydrogens is 240 g/mol. The molecule has 1 aliphatic heterocycles. The molecule has 0 aromatic rings. The fourth-order valence-electron chi connectivity index (χ4n) is 2.02. The quantitative estimate of drug-likeness (QED) is 0.773. The van der Waals surface area contributed by atoms with Crippen molar-refractivity contribution in [2.75, 3.05) is 13.2 Å². The van der Waals surface area contributed by atoms with Crippen molar-refractivity contribution in [1.82, 2.24) is 9.03 Å². The third-order valence-electron chi connectivity index (χ3n) is 3.56. The zero-order chi connectivity index (χ0) is 13.1. The Kier molecular flexibility index (Phi) is 4.95. The van der Waals surface area contributed by atoms with Gasteiger partial charge >= 0.3 is 0 Å². The zero-order valence-electron chi connectivity index (χ0n) is 10.9. The summed E-state index contributed by atoms with van der Waals surface area (Å²) >= 11 is 0. The third-order valence-corrected chi connectivity index (χ3v) is 5.47. The van der Waals surface area contributed by atoms with E-state index in [2.05, 4.69) is 4.72 Å². The van der Waals surface area contributed by atoms with Crippen molar-refractivity contribution in [1.29, 1.82) is 0 Å². The van der Waals surface area contributed by atoms with Crippen molar-refractivity contribution in [3.8, 4) is 0 Å². The molecule has 0 aliphatic carbocycles. The molecule has 0 bridgehead atoms. The van der Waals surface area contributed by atoms with Crippen LogP contribution in [0.15, 0.2) is 0 Å². The molecule has 1 aliphatic rings. The smallest absolute Gasteiger partial charge is 0.280 e. The predicted molar refractivity (Wildman–Crippen MR) is 67.9 cm³/mol. The van der Waals surface area contributed by atoms with Gasteiger partial charge in [-0.15, -0.1) is 0 Å². The van der Waals surface area contributed by atoms with E-state index in [1.54, 1.807) is 6.92 Å². The summed E-state index contributed by atoms with van der Waals surface area (Å²) in [6.45, 7) is 5.89. The van der Waals surface area contributed by atoms with E-state index in [9.17, 15) is 13.5 Å². The number of hydrogen-bond acceptors (Lipinski definition) is 3. The SMILES string of the molecule is CCC(C)(CO)NS(=O)(=O)N1CCCCC1C. The number of aliphatic hydroxyl groups excluding tert-OH is 1. The van der Waals surface area contributed by atoms with Gasteiger partial charge in [-0.3, -0.25) is 0 Å². The van der Waals surface area contributed by atoms with Crippen LogP contribution in [0.4, 0.5) is 0 Å². The molecule has 2 unspecified atom stereocenters. The van der Waals surface area contributed by atoms with E-state index >= 15 is 0 Å². The summed E-state index contributed by atoms with van der Waals surface area (Å²) in [6.07, 6.45) is 3.46. The fraction of sp³-hybridized carbons (Fsp3) is 1.00. The Morgan fingerprint density at radius 2 is 2.12 bits per heavy atom. The first-order valence-corrected chi connectivity index (χ1v) is 7.70. The lowest BCUT2D eigenvalue weighted by molar-refractivity contribution is 0.184. The molecule has 17 heavy (non-hydrogen) atoms. The summed E-state index contributed by atoms with van der Waals surface area (Å²) in [5.41, 5.74) is -0.768. The minimum Gasteiger partial charge on any atom is -0.394 e. The number of nitrogens with zero attached hydrogens (tertiary/aromatic N) is 1. The normalized spacial score (nSPS) is 26.7. The van der Waals surface area contributed by atoms with E-state index in [-0.39, 0.29) is 12.6 Å².